The fraction of sp³-hybridized carbons (Fsp3) is 0.0667. The highest BCUT2D eigenvalue weighted by atomic mass is 19.1. The van der Waals surface area contributed by atoms with E-state index >= 15 is 0 Å². The number of hydrogen-bond acceptors (Lipinski definition) is 2. The van der Waals surface area contributed by atoms with Crippen molar-refractivity contribution in [2.45, 2.75) is 0 Å². The van der Waals surface area contributed by atoms with E-state index in [9.17, 15) is 18.4 Å². The van der Waals surface area contributed by atoms with Gasteiger partial charge in [0.1, 0.15) is 5.82 Å². The lowest BCUT2D eigenvalue weighted by Gasteiger charge is -2.06. The van der Waals surface area contributed by atoms with E-state index in [1.54, 1.807) is 30.3 Å². The summed E-state index contributed by atoms with van der Waals surface area (Å²) in [4.78, 5) is 23.6. The fourth-order valence-corrected chi connectivity index (χ4v) is 1.76. The van der Waals surface area contributed by atoms with Gasteiger partial charge in [-0.1, -0.05) is 30.3 Å². The molecule has 0 saturated heterocycles. The summed E-state index contributed by atoms with van der Waals surface area (Å²) in [7, 11) is 0. The van der Waals surface area contributed by atoms with Gasteiger partial charge in [0.05, 0.1) is 0 Å². The first-order chi connectivity index (χ1) is 9.13. The summed E-state index contributed by atoms with van der Waals surface area (Å²) in [5.41, 5.74) is 0.147. The van der Waals surface area contributed by atoms with Crippen LogP contribution in [0.3, 0.4) is 0 Å². The number of carbonyl (C=O) groups excluding carboxylic acids is 2. The highest BCUT2D eigenvalue weighted by Crippen LogP contribution is 2.17. The molecule has 4 heteroatoms. The lowest BCUT2D eigenvalue weighted by Crippen LogP contribution is -2.11. The normalized spacial score (nSPS) is 10.2. The molecule has 0 atom stereocenters. The van der Waals surface area contributed by atoms with Crippen LogP contribution in [-0.4, -0.2) is 18.2 Å². The van der Waals surface area contributed by atoms with Crippen molar-refractivity contribution in [2.75, 3.05) is 6.67 Å². The summed E-state index contributed by atoms with van der Waals surface area (Å²) in [5.74, 6) is -2.02. The molecular formula is C15H10F2O2. The van der Waals surface area contributed by atoms with Gasteiger partial charge in [0.15, 0.2) is 18.2 Å². The number of ketones is 2. The highest BCUT2D eigenvalue weighted by molar-refractivity contribution is 6.15. The van der Waals surface area contributed by atoms with Crippen LogP contribution in [0.25, 0.3) is 0 Å². The van der Waals surface area contributed by atoms with Crippen molar-refractivity contribution in [2.24, 2.45) is 0 Å². The third-order valence-electron chi connectivity index (χ3n) is 2.68. The monoisotopic (exact) mass is 260 g/mol. The van der Waals surface area contributed by atoms with Gasteiger partial charge in [-0.2, -0.15) is 0 Å². The van der Waals surface area contributed by atoms with E-state index in [2.05, 4.69) is 0 Å². The minimum absolute atomic E-state index is 0.00949. The second-order valence-corrected chi connectivity index (χ2v) is 3.94. The van der Waals surface area contributed by atoms with Gasteiger partial charge in [0.25, 0.3) is 0 Å². The van der Waals surface area contributed by atoms with Crippen LogP contribution in [0.2, 0.25) is 0 Å². The zero-order chi connectivity index (χ0) is 13.8. The average molecular weight is 260 g/mol. The Bertz CT molecular complexity index is 621. The molecular weight excluding hydrogens is 250 g/mol. The summed E-state index contributed by atoms with van der Waals surface area (Å²) < 4.78 is 25.6. The molecule has 0 bridgehead atoms. The maximum absolute atomic E-state index is 13.1. The zero-order valence-electron chi connectivity index (χ0n) is 9.90. The van der Waals surface area contributed by atoms with Gasteiger partial charge >= 0.3 is 0 Å². The molecule has 0 spiro atoms. The van der Waals surface area contributed by atoms with E-state index in [1.807, 2.05) is 0 Å². The molecule has 96 valence electrons. The number of rotatable bonds is 4. The van der Waals surface area contributed by atoms with Crippen molar-refractivity contribution in [3.63, 3.8) is 0 Å². The molecule has 2 nitrogen and oxygen atoms in total. The van der Waals surface area contributed by atoms with Crippen molar-refractivity contribution in [3.8, 4) is 0 Å². The Morgan fingerprint density at radius 1 is 0.947 bits per heavy atom. The van der Waals surface area contributed by atoms with Crippen LogP contribution in [0.4, 0.5) is 8.78 Å². The standard InChI is InChI=1S/C15H10F2O2/c16-9-14(18)13-8-11(17)6-7-12(13)15(19)10-4-2-1-3-5-10/h1-8H,9H2. The van der Waals surface area contributed by atoms with Crippen LogP contribution >= 0.6 is 0 Å². The van der Waals surface area contributed by atoms with Crippen LogP contribution in [0.15, 0.2) is 48.5 Å². The quantitative estimate of drug-likeness (QED) is 0.791. The first-order valence-corrected chi connectivity index (χ1v) is 5.62. The predicted molar refractivity (Wildman–Crippen MR) is 66.6 cm³/mol. The van der Waals surface area contributed by atoms with Gasteiger partial charge in [0.2, 0.25) is 0 Å². The Morgan fingerprint density at radius 3 is 2.26 bits per heavy atom. The second kappa shape index (κ2) is 5.52. The van der Waals surface area contributed by atoms with Gasteiger partial charge in [-0.05, 0) is 18.2 Å². The first kappa shape index (κ1) is 13.1. The minimum Gasteiger partial charge on any atom is -0.291 e. The summed E-state index contributed by atoms with van der Waals surface area (Å²) in [5, 5.41) is 0. The molecule has 2 aromatic rings. The molecule has 0 aliphatic carbocycles. The molecule has 0 aliphatic rings. The van der Waals surface area contributed by atoms with Crippen LogP contribution in [0, 0.1) is 5.82 Å². The van der Waals surface area contributed by atoms with Crippen LogP contribution in [-0.2, 0) is 0 Å². The molecule has 0 heterocycles. The van der Waals surface area contributed by atoms with Crippen molar-refractivity contribution in [3.05, 3.63) is 71.0 Å². The third-order valence-corrected chi connectivity index (χ3v) is 2.68. The van der Waals surface area contributed by atoms with Gasteiger partial charge in [-0.15, -0.1) is 0 Å². The highest BCUT2D eigenvalue weighted by Gasteiger charge is 2.18. The molecule has 0 N–H and O–H groups in total. The summed E-state index contributed by atoms with van der Waals surface area (Å²) in [6, 6.07) is 11.4. The van der Waals surface area contributed by atoms with Crippen LogP contribution < -0.4 is 0 Å². The fourth-order valence-electron chi connectivity index (χ4n) is 1.76. The molecule has 2 aromatic carbocycles. The van der Waals surface area contributed by atoms with Crippen molar-refractivity contribution < 1.29 is 18.4 Å². The Hall–Kier alpha value is -2.36. The van der Waals surface area contributed by atoms with Gasteiger partial charge in [-0.3, -0.25) is 9.59 Å². The smallest absolute Gasteiger partial charge is 0.194 e. The predicted octanol–water partition coefficient (Wildman–Crippen LogP) is 3.21. The largest absolute Gasteiger partial charge is 0.291 e. The van der Waals surface area contributed by atoms with Crippen molar-refractivity contribution in [1.82, 2.24) is 0 Å². The van der Waals surface area contributed by atoms with E-state index in [1.165, 1.54) is 6.07 Å². The van der Waals surface area contributed by atoms with E-state index in [0.29, 0.717) is 5.56 Å². The van der Waals surface area contributed by atoms with Gasteiger partial charge < -0.3 is 0 Å². The molecule has 0 aliphatic heterocycles. The van der Waals surface area contributed by atoms with E-state index < -0.39 is 24.1 Å². The number of hydrogen-bond donors (Lipinski definition) is 0. The van der Waals surface area contributed by atoms with E-state index in [4.69, 9.17) is 0 Å². The Morgan fingerprint density at radius 2 is 1.63 bits per heavy atom. The van der Waals surface area contributed by atoms with Gasteiger partial charge in [0, 0.05) is 16.7 Å². The molecule has 0 radical (unpaired) electrons. The molecule has 2 rings (SSSR count). The van der Waals surface area contributed by atoms with E-state index in [-0.39, 0.29) is 11.1 Å². The van der Waals surface area contributed by atoms with Crippen LogP contribution in [0.1, 0.15) is 26.3 Å². The average Bonchev–Trinajstić information content (AvgIpc) is 2.46. The van der Waals surface area contributed by atoms with Crippen LogP contribution in [0.5, 0.6) is 0 Å². The van der Waals surface area contributed by atoms with E-state index in [0.717, 1.165) is 12.1 Å². The van der Waals surface area contributed by atoms with Crippen molar-refractivity contribution >= 4 is 11.6 Å². The lowest BCUT2D eigenvalue weighted by atomic mass is 9.96. The number of Topliss-reactive ketones (excluding diaryl/α,β-unsaturated/α-hetero) is 1. The first-order valence-electron chi connectivity index (χ1n) is 5.62. The third kappa shape index (κ3) is 2.73. The summed E-state index contributed by atoms with van der Waals surface area (Å²) in [6.45, 7) is -1.27. The van der Waals surface area contributed by atoms with Crippen molar-refractivity contribution in [1.29, 1.82) is 0 Å². The Labute approximate surface area is 108 Å². The molecule has 0 unspecified atom stereocenters. The zero-order valence-corrected chi connectivity index (χ0v) is 9.90. The maximum Gasteiger partial charge on any atom is 0.194 e. The maximum atomic E-state index is 13.1. The summed E-state index contributed by atoms with van der Waals surface area (Å²) in [6.07, 6.45) is 0. The molecule has 0 saturated carbocycles. The number of halogens is 2. The SMILES string of the molecule is O=C(CF)c1cc(F)ccc1C(=O)c1ccccc1. The Kier molecular flexibility index (Phi) is 3.80. The number of alkyl halides is 1. The molecule has 0 amide bonds. The second-order valence-electron chi connectivity index (χ2n) is 3.94. The minimum atomic E-state index is -1.27. The number of carbonyl (C=O) groups is 2. The Balaban J connectivity index is 2.51. The summed E-state index contributed by atoms with van der Waals surface area (Å²) >= 11 is 0. The topological polar surface area (TPSA) is 34.1 Å². The lowest BCUT2D eigenvalue weighted by molar-refractivity contribution is 0.0946. The van der Waals surface area contributed by atoms with Gasteiger partial charge in [-0.25, -0.2) is 8.78 Å². The number of benzene rings is 2. The molecule has 0 aromatic heterocycles. The molecule has 0 fully saturated rings. The molecule has 19 heavy (non-hydrogen) atoms.